The number of esters is 4. The number of pyridine rings is 2. The molecule has 2 aliphatic carbocycles. The quantitative estimate of drug-likeness (QED) is 0.0340. The van der Waals surface area contributed by atoms with Gasteiger partial charge >= 0.3 is 36.1 Å². The van der Waals surface area contributed by atoms with Gasteiger partial charge in [0, 0.05) is 63.2 Å². The maximum Gasteiger partial charge on any atom is 0.411 e. The van der Waals surface area contributed by atoms with Crippen molar-refractivity contribution in [1.82, 2.24) is 30.4 Å². The number of amides is 4. The van der Waals surface area contributed by atoms with E-state index in [9.17, 15) is 51.6 Å². The molecule has 0 spiro atoms. The second-order valence-electron chi connectivity index (χ2n) is 24.8. The van der Waals surface area contributed by atoms with Crippen LogP contribution in [0.3, 0.4) is 0 Å². The number of likely N-dealkylation sites (tertiary alicyclic amines) is 2. The van der Waals surface area contributed by atoms with Crippen molar-refractivity contribution in [2.75, 3.05) is 55.7 Å². The Morgan fingerprint density at radius 2 is 1.11 bits per heavy atom. The third-order valence-corrected chi connectivity index (χ3v) is 17.9. The molecule has 4 fully saturated rings. The standard InChI is InChI=1S/C30H37N3O9.C23H29BrN2O8S.C13H13NO4.CH4/c1-9-17-14-30(17,27(36)40-8)32-25(34)21-12-18(15-33(21)28(37)42-29(3,4)5)41-23-13-20(26(35)39-7)31-24-16(2)22(38-6)11-10-19(23)24;1-6-14-12-23(14,20(28)32-5)25-19(27)18-11-16(13-26(18)21(29)33-22(2,3)4)34-35(30,31)17-9-7-15(24)8-10-17;1-7-11(17-2)5-4-8-10(15)6-9(13(16)18-3)14-12(7)8;/h9-11,13,17-18,21H,1,12,14-15H2,2-8H3,(H,32,34);6-10,14,16,18H,1,11-13H2,2-5H3,(H,25,27);4-6H,1-3H3,(H,14,15);1H4/t17-,18-,21+,30-;14-,16+,18+,23-;;/m11../s1. The smallest absolute Gasteiger partial charge is 0.411 e. The van der Waals surface area contributed by atoms with E-state index in [1.54, 1.807) is 97.2 Å². The molecular formula is C67H83BrN6O21S. The Kier molecular flexibility index (Phi) is 24.0. The van der Waals surface area contributed by atoms with Crippen LogP contribution in [-0.2, 0) is 61.9 Å². The number of carbonyl (C=O) groups is 8. The van der Waals surface area contributed by atoms with E-state index in [1.807, 2.05) is 13.8 Å². The molecule has 3 aromatic carbocycles. The Bertz CT molecular complexity index is 4020. The molecule has 520 valence electrons. The molecule has 96 heavy (non-hydrogen) atoms. The van der Waals surface area contributed by atoms with E-state index >= 15 is 0 Å². The molecule has 0 radical (unpaired) electrons. The summed E-state index contributed by atoms with van der Waals surface area (Å²) in [5.41, 5.74) is -1.71. The number of hydrogen-bond acceptors (Lipinski definition) is 22. The van der Waals surface area contributed by atoms with Crippen molar-refractivity contribution in [2.24, 2.45) is 11.8 Å². The fourth-order valence-electron chi connectivity index (χ4n) is 11.1. The first-order valence-corrected chi connectivity index (χ1v) is 32.0. The summed E-state index contributed by atoms with van der Waals surface area (Å²) in [4.78, 5) is 124. The number of methoxy groups -OCH3 is 6. The fraction of sp³-hybridized carbons (Fsp3) is 0.463. The number of hydrogen-bond donors (Lipinski definition) is 3. The SMILES string of the molecule is C.C=C[C@@H]1C[C@]1(NC(=O)[C@@H]1C[C@@H](Oc2cc(C(=O)OC)nc3c(C)c(OC)ccc23)CN1C(=O)OC(C)(C)C)C(=O)OC.C=C[C@@H]1C[C@]1(NC(=O)[C@@H]1C[C@H](OS(=O)(=O)c2ccc(Br)cc2)CN1C(=O)OC(C)(C)C)C(=O)OC.COC(=O)c1cc(=O)c2ccc(OC)c(C)c2[nH]1. The number of fused-ring (bicyclic) bond motifs is 2. The molecule has 9 rings (SSSR count). The Morgan fingerprint density at radius 3 is 1.56 bits per heavy atom. The molecule has 4 aliphatic rings. The van der Waals surface area contributed by atoms with Crippen molar-refractivity contribution in [2.45, 2.75) is 140 Å². The fourth-order valence-corrected chi connectivity index (χ4v) is 12.4. The predicted octanol–water partition coefficient (Wildman–Crippen LogP) is 8.36. The summed E-state index contributed by atoms with van der Waals surface area (Å²) in [5, 5.41) is 6.61. The molecular weight excluding hydrogens is 1340 g/mol. The average molecular weight is 1420 g/mol. The zero-order chi connectivity index (χ0) is 70.4. The number of carbonyl (C=O) groups excluding carboxylic acids is 8. The molecule has 2 saturated carbocycles. The number of benzene rings is 3. The molecule has 2 aromatic heterocycles. The highest BCUT2D eigenvalue weighted by atomic mass is 79.9. The minimum Gasteiger partial charge on any atom is -0.496 e. The van der Waals surface area contributed by atoms with Gasteiger partial charge in [-0.05, 0) is 117 Å². The Balaban J connectivity index is 0.000000243. The molecule has 4 heterocycles. The molecule has 3 N–H and O–H groups in total. The summed E-state index contributed by atoms with van der Waals surface area (Å²) in [6.45, 7) is 21.1. The molecule has 29 heteroatoms. The summed E-state index contributed by atoms with van der Waals surface area (Å²) < 4.78 is 78.9. The molecule has 8 atom stereocenters. The Labute approximate surface area is 565 Å². The third-order valence-electron chi connectivity index (χ3n) is 16.0. The topological polar surface area (TPSA) is 339 Å². The lowest BCUT2D eigenvalue weighted by atomic mass is 10.1. The van der Waals surface area contributed by atoms with E-state index in [1.165, 1.54) is 64.7 Å². The first-order chi connectivity index (χ1) is 44.6. The maximum absolute atomic E-state index is 13.6. The summed E-state index contributed by atoms with van der Waals surface area (Å²) >= 11 is 3.25. The van der Waals surface area contributed by atoms with Crippen molar-refractivity contribution in [3.05, 3.63) is 123 Å². The highest BCUT2D eigenvalue weighted by molar-refractivity contribution is 9.10. The van der Waals surface area contributed by atoms with E-state index in [0.29, 0.717) is 61.9 Å². The van der Waals surface area contributed by atoms with Crippen LogP contribution in [-0.4, -0.2) is 178 Å². The number of aryl methyl sites for hydroxylation is 2. The van der Waals surface area contributed by atoms with Gasteiger partial charge < -0.3 is 58.2 Å². The van der Waals surface area contributed by atoms with Crippen LogP contribution < -0.4 is 30.3 Å². The van der Waals surface area contributed by atoms with Crippen molar-refractivity contribution in [1.29, 1.82) is 0 Å². The first-order valence-electron chi connectivity index (χ1n) is 29.8. The number of aromatic nitrogens is 2. The first kappa shape index (κ1) is 75.9. The van der Waals surface area contributed by atoms with Gasteiger partial charge in [-0.15, -0.1) is 13.2 Å². The maximum atomic E-state index is 13.6. The van der Waals surface area contributed by atoms with Crippen LogP contribution in [0.15, 0.2) is 100 Å². The highest BCUT2D eigenvalue weighted by Crippen LogP contribution is 2.47. The van der Waals surface area contributed by atoms with Crippen LogP contribution in [0.5, 0.6) is 17.2 Å². The molecule has 5 aromatic rings. The van der Waals surface area contributed by atoms with Crippen LogP contribution in [0.25, 0.3) is 21.8 Å². The normalized spacial score (nSPS) is 21.6. The van der Waals surface area contributed by atoms with Crippen molar-refractivity contribution >= 4 is 95.7 Å². The number of nitrogens with zero attached hydrogens (tertiary/aromatic N) is 3. The molecule has 0 bridgehead atoms. The van der Waals surface area contributed by atoms with Crippen molar-refractivity contribution < 1.29 is 93.6 Å². The molecule has 2 aliphatic heterocycles. The lowest BCUT2D eigenvalue weighted by Crippen LogP contribution is -2.53. The van der Waals surface area contributed by atoms with Crippen molar-refractivity contribution in [3.8, 4) is 17.2 Å². The van der Waals surface area contributed by atoms with Gasteiger partial charge in [0.05, 0.1) is 77.8 Å². The summed E-state index contributed by atoms with van der Waals surface area (Å²) in [6.07, 6.45) is 0.597. The van der Waals surface area contributed by atoms with Crippen molar-refractivity contribution in [3.63, 3.8) is 0 Å². The molecule has 0 unspecified atom stereocenters. The van der Waals surface area contributed by atoms with Gasteiger partial charge in [-0.3, -0.25) is 28.4 Å². The third kappa shape index (κ3) is 16.9. The van der Waals surface area contributed by atoms with Crippen LogP contribution in [0.1, 0.15) is 107 Å². The molecule has 2 saturated heterocycles. The lowest BCUT2D eigenvalue weighted by Gasteiger charge is -2.28. The second-order valence-corrected chi connectivity index (χ2v) is 27.3. The van der Waals surface area contributed by atoms with E-state index < -0.39 is 105 Å². The van der Waals surface area contributed by atoms with Crippen LogP contribution >= 0.6 is 15.9 Å². The van der Waals surface area contributed by atoms with Gasteiger partial charge in [0.25, 0.3) is 10.1 Å². The summed E-state index contributed by atoms with van der Waals surface area (Å²) in [6, 6.07) is 13.4. The second kappa shape index (κ2) is 30.3. The number of rotatable bonds is 17. The average Bonchev–Trinajstić information content (AvgIpc) is 1.50. The van der Waals surface area contributed by atoms with Gasteiger partial charge in [0.2, 0.25) is 11.8 Å². The van der Waals surface area contributed by atoms with Gasteiger partial charge in [0.15, 0.2) is 11.1 Å². The summed E-state index contributed by atoms with van der Waals surface area (Å²) in [5.74, 6) is -2.68. The molecule has 4 amide bonds. The van der Waals surface area contributed by atoms with Gasteiger partial charge in [-0.1, -0.05) is 35.5 Å². The zero-order valence-corrected chi connectivity index (χ0v) is 57.7. The monoisotopic (exact) mass is 1420 g/mol. The van der Waals surface area contributed by atoms with Gasteiger partial charge in [-0.2, -0.15) is 8.42 Å². The van der Waals surface area contributed by atoms with Gasteiger partial charge in [-0.25, -0.2) is 33.8 Å². The van der Waals surface area contributed by atoms with E-state index in [-0.39, 0.29) is 66.9 Å². The van der Waals surface area contributed by atoms with Gasteiger partial charge in [0.1, 0.15) is 63.4 Å². The zero-order valence-electron chi connectivity index (χ0n) is 55.3. The largest absolute Gasteiger partial charge is 0.496 e. The van der Waals surface area contributed by atoms with Crippen LogP contribution in [0.4, 0.5) is 9.59 Å². The Hall–Kier alpha value is -9.09. The minimum atomic E-state index is -4.17. The number of H-pyrrole nitrogens is 1. The summed E-state index contributed by atoms with van der Waals surface area (Å²) in [7, 11) is 3.91. The number of aromatic amines is 1. The van der Waals surface area contributed by atoms with E-state index in [4.69, 9.17) is 42.1 Å². The predicted molar refractivity (Wildman–Crippen MR) is 354 cm³/mol. The number of nitrogens with one attached hydrogen (secondary N) is 3. The molecule has 27 nitrogen and oxygen atoms in total. The lowest BCUT2D eigenvalue weighted by molar-refractivity contribution is -0.147. The van der Waals surface area contributed by atoms with E-state index in [2.05, 4.69) is 54.4 Å². The number of halogens is 1. The number of ether oxygens (including phenoxy) is 9. The highest BCUT2D eigenvalue weighted by Gasteiger charge is 2.63. The van der Waals surface area contributed by atoms with Crippen LogP contribution in [0.2, 0.25) is 0 Å². The minimum absolute atomic E-state index is 0. The van der Waals surface area contributed by atoms with E-state index in [0.717, 1.165) is 10.5 Å². The Morgan fingerprint density at radius 1 is 0.646 bits per heavy atom. The van der Waals surface area contributed by atoms with Crippen LogP contribution in [0, 0.1) is 25.7 Å².